The smallest absolute Gasteiger partial charge is 0.255 e. The molecule has 0 fully saturated rings. The summed E-state index contributed by atoms with van der Waals surface area (Å²) >= 11 is 0. The van der Waals surface area contributed by atoms with Gasteiger partial charge in [-0.05, 0) is 60.9 Å². The predicted molar refractivity (Wildman–Crippen MR) is 163 cm³/mol. The van der Waals surface area contributed by atoms with Gasteiger partial charge in [0.2, 0.25) is 5.91 Å². The Hall–Kier alpha value is -4.84. The summed E-state index contributed by atoms with van der Waals surface area (Å²) in [6.07, 6.45) is 0.923. The van der Waals surface area contributed by atoms with Gasteiger partial charge < -0.3 is 19.5 Å². The zero-order chi connectivity index (χ0) is 28.5. The summed E-state index contributed by atoms with van der Waals surface area (Å²) in [4.78, 5) is 29.5. The lowest BCUT2D eigenvalue weighted by Gasteiger charge is -2.31. The van der Waals surface area contributed by atoms with Crippen molar-refractivity contribution in [1.82, 2.24) is 9.47 Å². The summed E-state index contributed by atoms with van der Waals surface area (Å²) in [5.74, 6) is 0.357. The van der Waals surface area contributed by atoms with Crippen LogP contribution in [0.3, 0.4) is 0 Å². The van der Waals surface area contributed by atoms with E-state index in [0.29, 0.717) is 17.9 Å². The van der Waals surface area contributed by atoms with Crippen molar-refractivity contribution in [3.05, 3.63) is 120 Å². The Morgan fingerprint density at radius 2 is 1.59 bits per heavy atom. The molecule has 6 nitrogen and oxygen atoms in total. The van der Waals surface area contributed by atoms with Crippen LogP contribution in [0.15, 0.2) is 103 Å². The molecular weight excluding hydrogens is 510 g/mol. The zero-order valence-electron chi connectivity index (χ0n) is 23.5. The Morgan fingerprint density at radius 1 is 0.902 bits per heavy atom. The van der Waals surface area contributed by atoms with Crippen molar-refractivity contribution in [3.8, 4) is 17.0 Å². The Morgan fingerprint density at radius 3 is 2.34 bits per heavy atom. The van der Waals surface area contributed by atoms with Gasteiger partial charge in [-0.15, -0.1) is 0 Å². The number of carbonyl (C=O) groups is 2. The van der Waals surface area contributed by atoms with Gasteiger partial charge in [-0.2, -0.15) is 0 Å². The normalized spacial score (nSPS) is 15.1. The highest BCUT2D eigenvalue weighted by Crippen LogP contribution is 2.47. The third-order valence-corrected chi connectivity index (χ3v) is 7.86. The van der Waals surface area contributed by atoms with Gasteiger partial charge in [-0.25, -0.2) is 0 Å². The molecule has 0 aliphatic carbocycles. The Kier molecular flexibility index (Phi) is 7.06. The maximum absolute atomic E-state index is 14.0. The van der Waals surface area contributed by atoms with Crippen LogP contribution in [-0.4, -0.2) is 33.9 Å². The summed E-state index contributed by atoms with van der Waals surface area (Å²) in [5, 5.41) is 4.08. The first kappa shape index (κ1) is 26.4. The number of benzene rings is 4. The van der Waals surface area contributed by atoms with Gasteiger partial charge in [0.25, 0.3) is 5.91 Å². The van der Waals surface area contributed by atoms with Crippen LogP contribution in [0.5, 0.6) is 5.75 Å². The van der Waals surface area contributed by atoms with Crippen molar-refractivity contribution >= 4 is 28.4 Å². The van der Waals surface area contributed by atoms with Gasteiger partial charge in [0.15, 0.2) is 0 Å². The van der Waals surface area contributed by atoms with Crippen LogP contribution in [0.1, 0.15) is 47.8 Å². The minimum absolute atomic E-state index is 0.150. The summed E-state index contributed by atoms with van der Waals surface area (Å²) < 4.78 is 7.86. The molecule has 1 aliphatic rings. The summed E-state index contributed by atoms with van der Waals surface area (Å²) in [7, 11) is 2.06. The minimum Gasteiger partial charge on any atom is -0.494 e. The van der Waals surface area contributed by atoms with Crippen molar-refractivity contribution < 1.29 is 14.3 Å². The third-order valence-electron chi connectivity index (χ3n) is 7.86. The van der Waals surface area contributed by atoms with E-state index in [0.717, 1.165) is 45.5 Å². The molecule has 6 rings (SSSR count). The van der Waals surface area contributed by atoms with E-state index in [2.05, 4.69) is 48.1 Å². The Balaban J connectivity index is 1.44. The van der Waals surface area contributed by atoms with E-state index < -0.39 is 12.1 Å². The number of aromatic nitrogens is 1. The molecule has 0 saturated carbocycles. The van der Waals surface area contributed by atoms with E-state index in [4.69, 9.17) is 4.74 Å². The molecule has 2 amide bonds. The van der Waals surface area contributed by atoms with E-state index in [1.165, 1.54) is 0 Å². The summed E-state index contributed by atoms with van der Waals surface area (Å²) in [5.41, 5.74) is 6.36. The second-order valence-electron chi connectivity index (χ2n) is 10.4. The first-order valence-corrected chi connectivity index (χ1v) is 14.1. The number of fused-ring (bicyclic) bond motifs is 2. The monoisotopic (exact) mass is 543 g/mol. The lowest BCUT2D eigenvalue weighted by Crippen LogP contribution is -2.44. The topological polar surface area (TPSA) is 63.6 Å². The van der Waals surface area contributed by atoms with E-state index in [1.807, 2.05) is 78.9 Å². The van der Waals surface area contributed by atoms with Crippen LogP contribution in [0, 0.1) is 0 Å². The Labute approximate surface area is 240 Å². The second-order valence-corrected chi connectivity index (χ2v) is 10.4. The van der Waals surface area contributed by atoms with E-state index in [1.54, 1.807) is 11.8 Å². The van der Waals surface area contributed by atoms with Gasteiger partial charge >= 0.3 is 0 Å². The summed E-state index contributed by atoms with van der Waals surface area (Å²) in [6, 6.07) is 32.4. The van der Waals surface area contributed by atoms with Crippen LogP contribution in [-0.2, 0) is 11.8 Å². The average Bonchev–Trinajstić information content (AvgIpc) is 3.47. The lowest BCUT2D eigenvalue weighted by molar-refractivity contribution is -0.120. The number of amides is 2. The number of hydrogen-bond donors (Lipinski definition) is 1. The summed E-state index contributed by atoms with van der Waals surface area (Å²) in [6.45, 7) is 4.50. The Bertz CT molecular complexity index is 1720. The molecule has 0 saturated heterocycles. The number of ether oxygens (including phenoxy) is 1. The van der Waals surface area contributed by atoms with E-state index in [-0.39, 0.29) is 11.8 Å². The number of aryl methyl sites for hydroxylation is 1. The number of anilines is 1. The molecule has 6 heteroatoms. The van der Waals surface area contributed by atoms with E-state index >= 15 is 0 Å². The molecule has 4 aromatic carbocycles. The van der Waals surface area contributed by atoms with Crippen LogP contribution in [0.2, 0.25) is 0 Å². The van der Waals surface area contributed by atoms with Gasteiger partial charge in [-0.1, -0.05) is 73.7 Å². The molecule has 1 aliphatic heterocycles. The van der Waals surface area contributed by atoms with Crippen molar-refractivity contribution in [2.24, 2.45) is 7.05 Å². The number of para-hydroxylation sites is 1. The predicted octanol–water partition coefficient (Wildman–Crippen LogP) is 7.21. The standard InChI is InChI=1S/C35H33N3O3/c1-4-22-41-26-20-18-25(19-21-26)36-34(39)23(2)38-33(27-14-8-9-15-28(27)35(38)40)31-29-16-10-11-17-30(29)37(3)32(31)24-12-6-5-7-13-24/h5-21,23,33H,4,22H2,1-3H3,(H,36,39). The van der Waals surface area contributed by atoms with Crippen LogP contribution in [0.25, 0.3) is 22.2 Å². The minimum atomic E-state index is -0.737. The molecule has 2 unspecified atom stereocenters. The number of rotatable bonds is 8. The van der Waals surface area contributed by atoms with Crippen LogP contribution >= 0.6 is 0 Å². The first-order chi connectivity index (χ1) is 20.0. The third kappa shape index (κ3) is 4.65. The molecule has 1 N–H and O–H groups in total. The molecule has 206 valence electrons. The fourth-order valence-electron chi connectivity index (χ4n) is 5.90. The maximum Gasteiger partial charge on any atom is 0.255 e. The molecular formula is C35H33N3O3. The molecule has 0 bridgehead atoms. The maximum atomic E-state index is 14.0. The molecule has 5 aromatic rings. The number of nitrogens with zero attached hydrogens (tertiary/aromatic N) is 2. The molecule has 0 spiro atoms. The molecule has 0 radical (unpaired) electrons. The average molecular weight is 544 g/mol. The molecule has 41 heavy (non-hydrogen) atoms. The van der Waals surface area contributed by atoms with Crippen molar-refractivity contribution in [2.75, 3.05) is 11.9 Å². The van der Waals surface area contributed by atoms with Gasteiger partial charge in [0, 0.05) is 34.8 Å². The first-order valence-electron chi connectivity index (χ1n) is 14.1. The lowest BCUT2D eigenvalue weighted by atomic mass is 9.92. The fourth-order valence-corrected chi connectivity index (χ4v) is 5.90. The molecule has 1 aromatic heterocycles. The number of carbonyl (C=O) groups excluding carboxylic acids is 2. The number of nitrogens with one attached hydrogen (secondary N) is 1. The fraction of sp³-hybridized carbons (Fsp3) is 0.200. The quantitative estimate of drug-likeness (QED) is 0.225. The highest BCUT2D eigenvalue weighted by molar-refractivity contribution is 6.06. The largest absolute Gasteiger partial charge is 0.494 e. The number of hydrogen-bond acceptors (Lipinski definition) is 3. The van der Waals surface area contributed by atoms with Gasteiger partial charge in [0.05, 0.1) is 18.3 Å². The highest BCUT2D eigenvalue weighted by atomic mass is 16.5. The molecule has 2 atom stereocenters. The van der Waals surface area contributed by atoms with Crippen molar-refractivity contribution in [1.29, 1.82) is 0 Å². The van der Waals surface area contributed by atoms with Crippen molar-refractivity contribution in [3.63, 3.8) is 0 Å². The van der Waals surface area contributed by atoms with Crippen LogP contribution in [0.4, 0.5) is 5.69 Å². The zero-order valence-corrected chi connectivity index (χ0v) is 23.5. The SMILES string of the molecule is CCCOc1ccc(NC(=O)C(C)N2C(=O)c3ccccc3C2c2c(-c3ccccc3)n(C)c3ccccc23)cc1. The van der Waals surface area contributed by atoms with Gasteiger partial charge in [-0.3, -0.25) is 9.59 Å². The van der Waals surface area contributed by atoms with Gasteiger partial charge in [0.1, 0.15) is 11.8 Å². The van der Waals surface area contributed by atoms with Crippen LogP contribution < -0.4 is 10.1 Å². The highest BCUT2D eigenvalue weighted by Gasteiger charge is 2.44. The van der Waals surface area contributed by atoms with E-state index in [9.17, 15) is 9.59 Å². The molecule has 2 heterocycles. The van der Waals surface area contributed by atoms with Crippen molar-refractivity contribution in [2.45, 2.75) is 32.4 Å². The second kappa shape index (κ2) is 11.0.